The topological polar surface area (TPSA) is 62.8 Å². The Kier molecular flexibility index (Phi) is 7.95. The number of nitrogens with zero attached hydrogens (tertiary/aromatic N) is 1. The first-order valence-corrected chi connectivity index (χ1v) is 10.7. The monoisotopic (exact) mass is 425 g/mol. The molecule has 0 aliphatic heterocycles. The van der Waals surface area contributed by atoms with E-state index >= 15 is 0 Å². The normalized spacial score (nSPS) is 12.0. The Morgan fingerprint density at radius 1 is 1.00 bits per heavy atom. The third kappa shape index (κ3) is 6.01. The number of furan rings is 1. The van der Waals surface area contributed by atoms with Crippen molar-refractivity contribution < 1.29 is 23.4 Å². The summed E-state index contributed by atoms with van der Waals surface area (Å²) in [5, 5.41) is 0. The predicted octanol–water partition coefficient (Wildman–Crippen LogP) is 4.95. The van der Waals surface area contributed by atoms with E-state index in [1.54, 1.807) is 6.92 Å². The van der Waals surface area contributed by atoms with E-state index < -0.39 is 6.10 Å². The molecule has 3 rings (SSSR count). The molecule has 0 aliphatic rings. The molecule has 3 aromatic rings. The van der Waals surface area contributed by atoms with E-state index in [1.807, 2.05) is 50.2 Å². The van der Waals surface area contributed by atoms with E-state index in [9.17, 15) is 4.79 Å². The Balaban J connectivity index is 1.57. The maximum atomic E-state index is 12.0. The molecule has 6 heteroatoms. The van der Waals surface area contributed by atoms with Gasteiger partial charge in [-0.2, -0.15) is 0 Å². The molecule has 1 atom stereocenters. The van der Waals surface area contributed by atoms with Gasteiger partial charge in [0.15, 0.2) is 11.9 Å². The first-order valence-electron chi connectivity index (χ1n) is 10.7. The molecule has 0 N–H and O–H groups in total. The summed E-state index contributed by atoms with van der Waals surface area (Å²) in [7, 11) is 0. The molecule has 1 unspecified atom stereocenters. The lowest BCUT2D eigenvalue weighted by molar-refractivity contribution is -0.156. The number of hydrogen-bond acceptors (Lipinski definition) is 5. The zero-order chi connectivity index (χ0) is 22.2. The zero-order valence-corrected chi connectivity index (χ0v) is 18.7. The number of carbonyl (C=O) groups excluding carboxylic acids is 1. The van der Waals surface area contributed by atoms with Crippen LogP contribution in [0.15, 0.2) is 52.9 Å². The maximum absolute atomic E-state index is 12.0. The summed E-state index contributed by atoms with van der Waals surface area (Å²) in [6, 6.07) is 15.9. The van der Waals surface area contributed by atoms with Crippen molar-refractivity contribution in [2.45, 2.75) is 46.8 Å². The molecular weight excluding hydrogens is 394 g/mol. The molecule has 0 saturated heterocycles. The molecule has 2 heterocycles. The average Bonchev–Trinajstić information content (AvgIpc) is 3.34. The summed E-state index contributed by atoms with van der Waals surface area (Å²) >= 11 is 0. The highest BCUT2D eigenvalue weighted by molar-refractivity contribution is 5.75. The Morgan fingerprint density at radius 2 is 1.77 bits per heavy atom. The minimum absolute atomic E-state index is 0.325. The quantitative estimate of drug-likeness (QED) is 0.407. The number of esters is 1. The lowest BCUT2D eigenvalue weighted by Gasteiger charge is -2.16. The predicted molar refractivity (Wildman–Crippen MR) is 119 cm³/mol. The molecule has 0 fully saturated rings. The Bertz CT molecular complexity index is 970. The zero-order valence-electron chi connectivity index (χ0n) is 18.7. The number of carbonyl (C=O) groups is 1. The van der Waals surface area contributed by atoms with Crippen LogP contribution in [-0.2, 0) is 27.2 Å². The molecule has 0 aliphatic carbocycles. The van der Waals surface area contributed by atoms with Crippen LogP contribution >= 0.6 is 0 Å². The fraction of sp³-hybridized carbons (Fsp3) is 0.400. The largest absolute Gasteiger partial charge is 0.492 e. The standard InChI is InChI=1S/C25H31NO5/c1-5-28-24(25(27)29-6-2)17-20-9-11-21(12-10-20)30-16-15-26-18(3)7-13-22(26)23-14-8-19(4)31-23/h7-14,24H,5-6,15-17H2,1-4H3. The van der Waals surface area contributed by atoms with Crippen molar-refractivity contribution in [2.24, 2.45) is 0 Å². The summed E-state index contributed by atoms with van der Waals surface area (Å²) < 4.78 is 24.6. The van der Waals surface area contributed by atoms with Crippen LogP contribution in [0.1, 0.15) is 30.9 Å². The van der Waals surface area contributed by atoms with Gasteiger partial charge in [0.1, 0.15) is 18.1 Å². The summed E-state index contributed by atoms with van der Waals surface area (Å²) in [4.78, 5) is 12.0. The number of aryl methyl sites for hydroxylation is 2. The van der Waals surface area contributed by atoms with Crippen molar-refractivity contribution in [3.05, 3.63) is 65.5 Å². The molecule has 0 bridgehead atoms. The van der Waals surface area contributed by atoms with Crippen LogP contribution < -0.4 is 4.74 Å². The summed E-state index contributed by atoms with van der Waals surface area (Å²) in [6.45, 7) is 9.73. The van der Waals surface area contributed by atoms with Crippen molar-refractivity contribution in [1.82, 2.24) is 4.57 Å². The van der Waals surface area contributed by atoms with Crippen molar-refractivity contribution in [1.29, 1.82) is 0 Å². The molecule has 0 radical (unpaired) electrons. The molecule has 0 spiro atoms. The Hall–Kier alpha value is -2.99. The van der Waals surface area contributed by atoms with Gasteiger partial charge in [0.25, 0.3) is 0 Å². The van der Waals surface area contributed by atoms with E-state index in [-0.39, 0.29) is 5.97 Å². The first kappa shape index (κ1) is 22.7. The first-order chi connectivity index (χ1) is 15.0. The molecular formula is C25H31NO5. The highest BCUT2D eigenvalue weighted by Crippen LogP contribution is 2.24. The third-order valence-corrected chi connectivity index (χ3v) is 5.04. The second-order valence-corrected chi connectivity index (χ2v) is 7.31. The van der Waals surface area contributed by atoms with Crippen molar-refractivity contribution in [3.63, 3.8) is 0 Å². The highest BCUT2D eigenvalue weighted by Gasteiger charge is 2.20. The fourth-order valence-electron chi connectivity index (χ4n) is 3.49. The van der Waals surface area contributed by atoms with Crippen LogP contribution in [0.4, 0.5) is 0 Å². The molecule has 0 amide bonds. The van der Waals surface area contributed by atoms with E-state index in [4.69, 9.17) is 18.6 Å². The average molecular weight is 426 g/mol. The van der Waals surface area contributed by atoms with Gasteiger partial charge >= 0.3 is 5.97 Å². The van der Waals surface area contributed by atoms with Crippen LogP contribution in [0.5, 0.6) is 5.75 Å². The van der Waals surface area contributed by atoms with Crippen molar-refractivity contribution in [3.8, 4) is 17.2 Å². The van der Waals surface area contributed by atoms with Gasteiger partial charge in [0, 0.05) is 18.7 Å². The van der Waals surface area contributed by atoms with Crippen molar-refractivity contribution >= 4 is 5.97 Å². The van der Waals surface area contributed by atoms with Gasteiger partial charge < -0.3 is 23.2 Å². The van der Waals surface area contributed by atoms with Gasteiger partial charge in [0.05, 0.1) is 18.8 Å². The summed E-state index contributed by atoms with van der Waals surface area (Å²) in [5.74, 6) is 2.22. The number of ether oxygens (including phenoxy) is 3. The third-order valence-electron chi connectivity index (χ3n) is 5.04. The second kappa shape index (κ2) is 10.9. The van der Waals surface area contributed by atoms with Crippen LogP contribution in [-0.4, -0.2) is 36.5 Å². The molecule has 1 aromatic carbocycles. The van der Waals surface area contributed by atoms with E-state index in [1.165, 1.54) is 0 Å². The minimum atomic E-state index is -0.586. The minimum Gasteiger partial charge on any atom is -0.492 e. The van der Waals surface area contributed by atoms with Crippen LogP contribution in [0.3, 0.4) is 0 Å². The van der Waals surface area contributed by atoms with E-state index in [0.29, 0.717) is 32.8 Å². The highest BCUT2D eigenvalue weighted by atomic mass is 16.6. The van der Waals surface area contributed by atoms with E-state index in [2.05, 4.69) is 23.6 Å². The number of aromatic nitrogens is 1. The van der Waals surface area contributed by atoms with Crippen LogP contribution in [0.2, 0.25) is 0 Å². The Labute approximate surface area is 183 Å². The van der Waals surface area contributed by atoms with Gasteiger partial charge in [-0.15, -0.1) is 0 Å². The van der Waals surface area contributed by atoms with Gasteiger partial charge in [-0.25, -0.2) is 4.79 Å². The van der Waals surface area contributed by atoms with Crippen LogP contribution in [0.25, 0.3) is 11.5 Å². The molecule has 6 nitrogen and oxygen atoms in total. The molecule has 31 heavy (non-hydrogen) atoms. The fourth-order valence-corrected chi connectivity index (χ4v) is 3.49. The SMILES string of the molecule is CCOC(=O)C(Cc1ccc(OCCn2c(C)ccc2-c2ccc(C)o2)cc1)OCC. The maximum Gasteiger partial charge on any atom is 0.335 e. The van der Waals surface area contributed by atoms with Gasteiger partial charge in [0.2, 0.25) is 0 Å². The summed E-state index contributed by atoms with van der Waals surface area (Å²) in [6.07, 6.45) is -0.112. The molecule has 166 valence electrons. The smallest absolute Gasteiger partial charge is 0.335 e. The lowest BCUT2D eigenvalue weighted by Crippen LogP contribution is -2.28. The molecule has 0 saturated carbocycles. The number of rotatable bonds is 11. The summed E-state index contributed by atoms with van der Waals surface area (Å²) in [5.41, 5.74) is 3.20. The number of hydrogen-bond donors (Lipinski definition) is 0. The van der Waals surface area contributed by atoms with Gasteiger partial charge in [-0.05, 0) is 69.7 Å². The van der Waals surface area contributed by atoms with Gasteiger partial charge in [-0.3, -0.25) is 0 Å². The van der Waals surface area contributed by atoms with Crippen molar-refractivity contribution in [2.75, 3.05) is 19.8 Å². The molecule has 2 aromatic heterocycles. The second-order valence-electron chi connectivity index (χ2n) is 7.31. The van der Waals surface area contributed by atoms with Gasteiger partial charge in [-0.1, -0.05) is 12.1 Å². The number of benzene rings is 1. The lowest BCUT2D eigenvalue weighted by atomic mass is 10.1. The van der Waals surface area contributed by atoms with Crippen LogP contribution in [0, 0.1) is 13.8 Å². The van der Waals surface area contributed by atoms with E-state index in [0.717, 1.165) is 34.2 Å². The Morgan fingerprint density at radius 3 is 2.42 bits per heavy atom.